The first kappa shape index (κ1) is 20.4. The van der Waals surface area contributed by atoms with Gasteiger partial charge in [0, 0.05) is 12.1 Å². The summed E-state index contributed by atoms with van der Waals surface area (Å²) in [6, 6.07) is 6.95. The molecule has 0 aliphatic carbocycles. The van der Waals surface area contributed by atoms with Gasteiger partial charge in [0.1, 0.15) is 6.04 Å². The second kappa shape index (κ2) is 9.17. The molecule has 1 unspecified atom stereocenters. The van der Waals surface area contributed by atoms with Gasteiger partial charge in [-0.2, -0.15) is 0 Å². The standard InChI is InChI=1S/C21H33N3O2/c1-15(2)13-18(24-19(25)17-8-6-5-7-16(17)3)20(26)23-14-21(4)9-11-22-12-10-21/h5-8,15,18,22H,9-14H2,1-4H3,(H,23,26)(H,24,25). The Morgan fingerprint density at radius 2 is 1.85 bits per heavy atom. The van der Waals surface area contributed by atoms with Gasteiger partial charge in [-0.25, -0.2) is 0 Å². The summed E-state index contributed by atoms with van der Waals surface area (Å²) < 4.78 is 0. The van der Waals surface area contributed by atoms with E-state index in [1.807, 2.05) is 25.1 Å². The van der Waals surface area contributed by atoms with Crippen LogP contribution >= 0.6 is 0 Å². The number of benzene rings is 1. The molecule has 0 saturated carbocycles. The Morgan fingerprint density at radius 1 is 1.19 bits per heavy atom. The second-order valence-corrected chi connectivity index (χ2v) is 8.25. The molecule has 1 aromatic rings. The van der Waals surface area contributed by atoms with Crippen molar-refractivity contribution in [2.75, 3.05) is 19.6 Å². The summed E-state index contributed by atoms with van der Waals surface area (Å²) in [6.45, 7) is 10.9. The molecule has 1 saturated heterocycles. The van der Waals surface area contributed by atoms with Crippen LogP contribution in [0.25, 0.3) is 0 Å². The molecule has 0 bridgehead atoms. The smallest absolute Gasteiger partial charge is 0.252 e. The van der Waals surface area contributed by atoms with Crippen LogP contribution in [0.1, 0.15) is 56.0 Å². The summed E-state index contributed by atoms with van der Waals surface area (Å²) in [4.78, 5) is 25.4. The number of amides is 2. The van der Waals surface area contributed by atoms with Crippen LogP contribution in [0.5, 0.6) is 0 Å². The minimum Gasteiger partial charge on any atom is -0.354 e. The van der Waals surface area contributed by atoms with Gasteiger partial charge < -0.3 is 16.0 Å². The first-order valence-electron chi connectivity index (χ1n) is 9.66. The van der Waals surface area contributed by atoms with E-state index < -0.39 is 6.04 Å². The van der Waals surface area contributed by atoms with Crippen LogP contribution in [-0.4, -0.2) is 37.5 Å². The maximum absolute atomic E-state index is 12.8. The number of carbonyl (C=O) groups excluding carboxylic acids is 2. The van der Waals surface area contributed by atoms with E-state index in [-0.39, 0.29) is 17.2 Å². The Kier molecular flexibility index (Phi) is 7.21. The first-order valence-corrected chi connectivity index (χ1v) is 9.66. The van der Waals surface area contributed by atoms with Crippen molar-refractivity contribution in [3.05, 3.63) is 35.4 Å². The van der Waals surface area contributed by atoms with Crippen LogP contribution in [0.4, 0.5) is 0 Å². The zero-order chi connectivity index (χ0) is 19.2. The Morgan fingerprint density at radius 3 is 2.46 bits per heavy atom. The van der Waals surface area contributed by atoms with E-state index in [0.29, 0.717) is 24.4 Å². The van der Waals surface area contributed by atoms with Crippen molar-refractivity contribution in [1.29, 1.82) is 0 Å². The maximum atomic E-state index is 12.8. The van der Waals surface area contributed by atoms with E-state index in [0.717, 1.165) is 31.5 Å². The number of hydrogen-bond acceptors (Lipinski definition) is 3. The van der Waals surface area contributed by atoms with Crippen LogP contribution in [0.15, 0.2) is 24.3 Å². The highest BCUT2D eigenvalue weighted by molar-refractivity contribution is 5.98. The number of carbonyl (C=O) groups is 2. The summed E-state index contributed by atoms with van der Waals surface area (Å²) in [5, 5.41) is 9.39. The highest BCUT2D eigenvalue weighted by Gasteiger charge is 2.29. The zero-order valence-corrected chi connectivity index (χ0v) is 16.5. The van der Waals surface area contributed by atoms with Crippen molar-refractivity contribution in [3.8, 4) is 0 Å². The molecule has 1 aliphatic heterocycles. The number of aryl methyl sites for hydroxylation is 1. The molecule has 0 aromatic heterocycles. The average molecular weight is 360 g/mol. The second-order valence-electron chi connectivity index (χ2n) is 8.25. The third kappa shape index (κ3) is 5.84. The van der Waals surface area contributed by atoms with Crippen molar-refractivity contribution in [3.63, 3.8) is 0 Å². The molecule has 0 radical (unpaired) electrons. The number of piperidine rings is 1. The Labute approximate surface area is 157 Å². The molecule has 144 valence electrons. The lowest BCUT2D eigenvalue weighted by Crippen LogP contribution is -2.50. The molecular weight excluding hydrogens is 326 g/mol. The molecule has 5 nitrogen and oxygen atoms in total. The van der Waals surface area contributed by atoms with Gasteiger partial charge in [-0.15, -0.1) is 0 Å². The van der Waals surface area contributed by atoms with Gasteiger partial charge in [0.05, 0.1) is 0 Å². The lowest BCUT2D eigenvalue weighted by molar-refractivity contribution is -0.123. The quantitative estimate of drug-likeness (QED) is 0.701. The van der Waals surface area contributed by atoms with Crippen molar-refractivity contribution in [2.24, 2.45) is 11.3 Å². The van der Waals surface area contributed by atoms with Gasteiger partial charge in [-0.1, -0.05) is 39.0 Å². The molecule has 1 aromatic carbocycles. The minimum atomic E-state index is -0.507. The fourth-order valence-electron chi connectivity index (χ4n) is 3.40. The monoisotopic (exact) mass is 359 g/mol. The lowest BCUT2D eigenvalue weighted by atomic mass is 9.81. The van der Waals surface area contributed by atoms with E-state index in [1.165, 1.54) is 0 Å². The van der Waals surface area contributed by atoms with E-state index in [9.17, 15) is 9.59 Å². The maximum Gasteiger partial charge on any atom is 0.252 e. The third-order valence-corrected chi connectivity index (χ3v) is 5.22. The molecule has 1 heterocycles. The molecule has 1 aliphatic rings. The molecule has 2 rings (SSSR count). The van der Waals surface area contributed by atoms with Crippen LogP contribution in [0.2, 0.25) is 0 Å². The highest BCUT2D eigenvalue weighted by Crippen LogP contribution is 2.26. The normalized spacial score (nSPS) is 17.6. The molecule has 3 N–H and O–H groups in total. The average Bonchev–Trinajstić information content (AvgIpc) is 2.59. The van der Waals surface area contributed by atoms with Gasteiger partial charge in [0.15, 0.2) is 0 Å². The van der Waals surface area contributed by atoms with Crippen LogP contribution in [0.3, 0.4) is 0 Å². The van der Waals surface area contributed by atoms with Crippen molar-refractivity contribution < 1.29 is 9.59 Å². The summed E-state index contributed by atoms with van der Waals surface area (Å²) in [5.41, 5.74) is 1.67. The predicted molar refractivity (Wildman–Crippen MR) is 105 cm³/mol. The van der Waals surface area contributed by atoms with Crippen LogP contribution in [-0.2, 0) is 4.79 Å². The SMILES string of the molecule is Cc1ccccc1C(=O)NC(CC(C)C)C(=O)NCC1(C)CCNCC1. The fourth-order valence-corrected chi connectivity index (χ4v) is 3.40. The van der Waals surface area contributed by atoms with Gasteiger partial charge in [-0.3, -0.25) is 9.59 Å². The summed E-state index contributed by atoms with van der Waals surface area (Å²) >= 11 is 0. The Balaban J connectivity index is 2.00. The summed E-state index contributed by atoms with van der Waals surface area (Å²) in [6.07, 6.45) is 2.73. The van der Waals surface area contributed by atoms with E-state index in [1.54, 1.807) is 6.07 Å². The van der Waals surface area contributed by atoms with Crippen molar-refractivity contribution >= 4 is 11.8 Å². The predicted octanol–water partition coefficient (Wildman–Crippen LogP) is 2.65. The topological polar surface area (TPSA) is 70.2 Å². The van der Waals surface area contributed by atoms with Crippen LogP contribution < -0.4 is 16.0 Å². The molecule has 1 atom stereocenters. The number of rotatable bonds is 7. The highest BCUT2D eigenvalue weighted by atomic mass is 16.2. The van der Waals surface area contributed by atoms with Crippen molar-refractivity contribution in [2.45, 2.75) is 53.0 Å². The van der Waals surface area contributed by atoms with Gasteiger partial charge in [0.2, 0.25) is 5.91 Å². The van der Waals surface area contributed by atoms with Gasteiger partial charge >= 0.3 is 0 Å². The third-order valence-electron chi connectivity index (χ3n) is 5.22. The van der Waals surface area contributed by atoms with E-state index in [4.69, 9.17) is 0 Å². The summed E-state index contributed by atoms with van der Waals surface area (Å²) in [7, 11) is 0. The first-order chi connectivity index (χ1) is 12.3. The molecule has 1 fully saturated rings. The summed E-state index contributed by atoms with van der Waals surface area (Å²) in [5.74, 6) is 0.0507. The van der Waals surface area contributed by atoms with Gasteiger partial charge in [-0.05, 0) is 62.2 Å². The lowest BCUT2D eigenvalue weighted by Gasteiger charge is -2.34. The molecule has 26 heavy (non-hydrogen) atoms. The molecular formula is C21H33N3O2. The molecule has 0 spiro atoms. The largest absolute Gasteiger partial charge is 0.354 e. The zero-order valence-electron chi connectivity index (χ0n) is 16.5. The Bertz CT molecular complexity index is 621. The van der Waals surface area contributed by atoms with Crippen LogP contribution in [0, 0.1) is 18.3 Å². The molecule has 5 heteroatoms. The van der Waals surface area contributed by atoms with E-state index >= 15 is 0 Å². The van der Waals surface area contributed by atoms with Crippen molar-refractivity contribution in [1.82, 2.24) is 16.0 Å². The number of hydrogen-bond donors (Lipinski definition) is 3. The fraction of sp³-hybridized carbons (Fsp3) is 0.619. The Hall–Kier alpha value is -1.88. The van der Waals surface area contributed by atoms with Gasteiger partial charge in [0.25, 0.3) is 5.91 Å². The number of nitrogens with one attached hydrogen (secondary N) is 3. The van der Waals surface area contributed by atoms with E-state index in [2.05, 4.69) is 36.7 Å². The molecule has 2 amide bonds. The minimum absolute atomic E-state index is 0.0830.